The second-order valence-electron chi connectivity index (χ2n) is 3.07. The van der Waals surface area contributed by atoms with Gasteiger partial charge in [-0.1, -0.05) is 6.92 Å². The Morgan fingerprint density at radius 1 is 1.31 bits per heavy atom. The van der Waals surface area contributed by atoms with E-state index >= 15 is 0 Å². The lowest BCUT2D eigenvalue weighted by Gasteiger charge is -2.11. The number of alkyl halides is 1. The first-order valence-corrected chi connectivity index (χ1v) is 8.21. The topological polar surface area (TPSA) is 9.23 Å². The molecule has 0 radical (unpaired) electrons. The van der Waals surface area contributed by atoms with Crippen molar-refractivity contribution in [1.29, 1.82) is 0 Å². The molecule has 0 aliphatic rings. The summed E-state index contributed by atoms with van der Waals surface area (Å²) in [5.41, 5.74) is 1.07. The summed E-state index contributed by atoms with van der Waals surface area (Å²) >= 11 is 14.6. The summed E-state index contributed by atoms with van der Waals surface area (Å²) < 4.78 is 7.60. The van der Waals surface area contributed by atoms with E-state index in [1.54, 1.807) is 0 Å². The molecule has 0 N–H and O–H groups in total. The third kappa shape index (κ3) is 4.47. The van der Waals surface area contributed by atoms with Crippen molar-refractivity contribution in [3.63, 3.8) is 0 Å². The van der Waals surface area contributed by atoms with E-state index in [0.29, 0.717) is 5.88 Å². The molecule has 1 aromatic rings. The fraction of sp³-hybridized carbons (Fsp3) is 0.455. The largest absolute Gasteiger partial charge is 0.490 e. The van der Waals surface area contributed by atoms with Crippen LogP contribution >= 0.6 is 55.2 Å². The highest BCUT2D eigenvalue weighted by atomic mass is 79.9. The fourth-order valence-electron chi connectivity index (χ4n) is 1.17. The molecule has 1 nitrogen and oxygen atoms in total. The molecular weight excluding hydrogens is 375 g/mol. The molecule has 0 aromatic heterocycles. The van der Waals surface area contributed by atoms with Crippen molar-refractivity contribution in [2.24, 2.45) is 0 Å². The van der Waals surface area contributed by atoms with Gasteiger partial charge in [-0.15, -0.1) is 11.6 Å². The third-order valence-electron chi connectivity index (χ3n) is 1.89. The van der Waals surface area contributed by atoms with Crippen molar-refractivity contribution >= 4 is 55.2 Å². The molecule has 0 aliphatic heterocycles. The first-order valence-electron chi connectivity index (χ1n) is 4.93. The number of halogens is 3. The molecule has 0 saturated heterocycles. The van der Waals surface area contributed by atoms with Gasteiger partial charge >= 0.3 is 0 Å². The summed E-state index contributed by atoms with van der Waals surface area (Å²) in [5.74, 6) is 3.48. The van der Waals surface area contributed by atoms with Gasteiger partial charge in [0.05, 0.1) is 15.6 Å². The van der Waals surface area contributed by atoms with Crippen molar-refractivity contribution in [1.82, 2.24) is 0 Å². The van der Waals surface area contributed by atoms with E-state index in [0.717, 1.165) is 38.4 Å². The van der Waals surface area contributed by atoms with Crippen LogP contribution < -0.4 is 4.74 Å². The molecule has 0 unspecified atom stereocenters. The molecule has 0 fully saturated rings. The molecule has 0 heterocycles. The zero-order valence-corrected chi connectivity index (χ0v) is 13.7. The van der Waals surface area contributed by atoms with Crippen LogP contribution in [0.15, 0.2) is 21.1 Å². The van der Waals surface area contributed by atoms with Gasteiger partial charge in [-0.2, -0.15) is 11.8 Å². The third-order valence-corrected chi connectivity index (χ3v) is 4.24. The van der Waals surface area contributed by atoms with Crippen LogP contribution in [0.4, 0.5) is 0 Å². The number of hydrogen-bond acceptors (Lipinski definition) is 2. The molecule has 16 heavy (non-hydrogen) atoms. The zero-order chi connectivity index (χ0) is 12.0. The van der Waals surface area contributed by atoms with Gasteiger partial charge in [0.1, 0.15) is 5.75 Å². The summed E-state index contributed by atoms with van der Waals surface area (Å²) in [4.78, 5) is 0. The molecule has 0 spiro atoms. The van der Waals surface area contributed by atoms with E-state index in [1.807, 2.05) is 23.9 Å². The Bertz CT molecular complexity index is 324. The fourth-order valence-corrected chi connectivity index (χ4v) is 3.33. The lowest BCUT2D eigenvalue weighted by molar-refractivity contribution is 0.339. The van der Waals surface area contributed by atoms with E-state index in [2.05, 4.69) is 38.8 Å². The minimum atomic E-state index is 0.503. The average Bonchev–Trinajstić information content (AvgIpc) is 2.26. The molecule has 0 atom stereocenters. The summed E-state index contributed by atoms with van der Waals surface area (Å²) in [7, 11) is 0. The van der Waals surface area contributed by atoms with Crippen LogP contribution in [0.1, 0.15) is 12.5 Å². The van der Waals surface area contributed by atoms with Crippen LogP contribution in [-0.2, 0) is 5.88 Å². The van der Waals surface area contributed by atoms with Gasteiger partial charge in [-0.25, -0.2) is 0 Å². The number of rotatable bonds is 6. The van der Waals surface area contributed by atoms with Crippen molar-refractivity contribution in [3.8, 4) is 5.75 Å². The number of ether oxygens (including phenoxy) is 1. The summed E-state index contributed by atoms with van der Waals surface area (Å²) in [6.45, 7) is 2.86. The van der Waals surface area contributed by atoms with Gasteiger partial charge < -0.3 is 4.74 Å². The Kier molecular flexibility index (Phi) is 7.20. The minimum Gasteiger partial charge on any atom is -0.490 e. The Hall–Kier alpha value is 0.620. The number of benzene rings is 1. The lowest BCUT2D eigenvalue weighted by Crippen LogP contribution is -2.02. The zero-order valence-electron chi connectivity index (χ0n) is 8.93. The second-order valence-corrected chi connectivity index (χ2v) is 6.44. The normalized spacial score (nSPS) is 10.5. The average molecular weight is 389 g/mol. The Morgan fingerprint density at radius 2 is 1.94 bits per heavy atom. The standard InChI is InChI=1S/C11H13Br2ClOS/c1-2-16-4-3-15-11-9(12)5-8(7-14)6-10(11)13/h5-6H,2-4,7H2,1H3. The molecule has 0 saturated carbocycles. The highest BCUT2D eigenvalue weighted by molar-refractivity contribution is 9.11. The van der Waals surface area contributed by atoms with Crippen LogP contribution in [0, 0.1) is 0 Å². The first kappa shape index (κ1) is 14.7. The van der Waals surface area contributed by atoms with E-state index in [1.165, 1.54) is 0 Å². The van der Waals surface area contributed by atoms with Crippen LogP contribution in [0.5, 0.6) is 5.75 Å². The molecule has 1 aromatic carbocycles. The lowest BCUT2D eigenvalue weighted by atomic mass is 10.2. The van der Waals surface area contributed by atoms with Gasteiger partial charge in [-0.05, 0) is 55.3 Å². The van der Waals surface area contributed by atoms with Crippen molar-refractivity contribution < 1.29 is 4.74 Å². The molecule has 0 amide bonds. The van der Waals surface area contributed by atoms with Crippen LogP contribution in [-0.4, -0.2) is 18.1 Å². The number of hydrogen-bond donors (Lipinski definition) is 0. The molecular formula is C11H13Br2ClOS. The summed E-state index contributed by atoms with van der Waals surface area (Å²) in [5, 5.41) is 0. The predicted molar refractivity (Wildman–Crippen MR) is 79.9 cm³/mol. The van der Waals surface area contributed by atoms with Gasteiger partial charge in [0.2, 0.25) is 0 Å². The van der Waals surface area contributed by atoms with Crippen molar-refractivity contribution in [3.05, 3.63) is 26.6 Å². The SMILES string of the molecule is CCSCCOc1c(Br)cc(CCl)cc1Br. The Labute approximate surface area is 123 Å². The quantitative estimate of drug-likeness (QED) is 0.496. The van der Waals surface area contributed by atoms with Crippen LogP contribution in [0.25, 0.3) is 0 Å². The first-order chi connectivity index (χ1) is 7.69. The second kappa shape index (κ2) is 7.85. The molecule has 5 heteroatoms. The Balaban J connectivity index is 2.65. The van der Waals surface area contributed by atoms with Crippen molar-refractivity contribution in [2.75, 3.05) is 18.1 Å². The molecule has 0 aliphatic carbocycles. The highest BCUT2D eigenvalue weighted by Crippen LogP contribution is 2.35. The maximum absolute atomic E-state index is 5.78. The Morgan fingerprint density at radius 3 is 2.44 bits per heavy atom. The molecule has 0 bridgehead atoms. The van der Waals surface area contributed by atoms with Crippen LogP contribution in [0.2, 0.25) is 0 Å². The van der Waals surface area contributed by atoms with E-state index in [-0.39, 0.29) is 0 Å². The van der Waals surface area contributed by atoms with E-state index in [9.17, 15) is 0 Å². The number of thioether (sulfide) groups is 1. The van der Waals surface area contributed by atoms with E-state index in [4.69, 9.17) is 16.3 Å². The van der Waals surface area contributed by atoms with Gasteiger partial charge in [0, 0.05) is 11.6 Å². The monoisotopic (exact) mass is 386 g/mol. The van der Waals surface area contributed by atoms with Crippen molar-refractivity contribution in [2.45, 2.75) is 12.8 Å². The summed E-state index contributed by atoms with van der Waals surface area (Å²) in [6, 6.07) is 3.97. The van der Waals surface area contributed by atoms with Gasteiger partial charge in [0.15, 0.2) is 0 Å². The van der Waals surface area contributed by atoms with Gasteiger partial charge in [0.25, 0.3) is 0 Å². The summed E-state index contributed by atoms with van der Waals surface area (Å²) in [6.07, 6.45) is 0. The van der Waals surface area contributed by atoms with Gasteiger partial charge in [-0.3, -0.25) is 0 Å². The molecule has 90 valence electrons. The van der Waals surface area contributed by atoms with E-state index < -0.39 is 0 Å². The minimum absolute atomic E-state index is 0.503. The maximum atomic E-state index is 5.78. The van der Waals surface area contributed by atoms with Crippen LogP contribution in [0.3, 0.4) is 0 Å². The highest BCUT2D eigenvalue weighted by Gasteiger charge is 2.08. The predicted octanol–water partition coefficient (Wildman–Crippen LogP) is 5.08. The smallest absolute Gasteiger partial charge is 0.147 e. The molecule has 1 rings (SSSR count). The maximum Gasteiger partial charge on any atom is 0.147 e.